The van der Waals surface area contributed by atoms with Gasteiger partial charge in [-0.1, -0.05) is 41.4 Å². The van der Waals surface area contributed by atoms with Gasteiger partial charge in [-0.3, -0.25) is 0 Å². The Morgan fingerprint density at radius 1 is 1.32 bits per heavy atom. The molecule has 0 radical (unpaired) electrons. The van der Waals surface area contributed by atoms with Crippen LogP contribution in [0.2, 0.25) is 0 Å². The zero-order valence-electron chi connectivity index (χ0n) is 11.7. The van der Waals surface area contributed by atoms with E-state index >= 15 is 0 Å². The molecule has 102 valence electrons. The second-order valence-electron chi connectivity index (χ2n) is 4.88. The Kier molecular flexibility index (Phi) is 4.30. The second-order valence-corrected chi connectivity index (χ2v) is 5.74. The monoisotopic (exact) mass is 321 g/mol. The number of nitrogens with two attached hydrogens (primary N) is 1. The predicted molar refractivity (Wildman–Crippen MR) is 84.2 cm³/mol. The fraction of sp³-hybridized carbons (Fsp3) is 0.400. The molecular weight excluding hydrogens is 302 g/mol. The first-order chi connectivity index (χ1) is 9.04. The number of hydrogen-bond acceptors (Lipinski definition) is 2. The number of nitrogens with zero attached hydrogens (tertiary/aromatic N) is 2. The molecule has 1 heterocycles. The van der Waals surface area contributed by atoms with Gasteiger partial charge < -0.3 is 10.3 Å². The van der Waals surface area contributed by atoms with Crippen LogP contribution in [0.5, 0.6) is 0 Å². The second kappa shape index (κ2) is 5.78. The summed E-state index contributed by atoms with van der Waals surface area (Å²) in [6.45, 7) is 7.20. The molecule has 3 nitrogen and oxygen atoms in total. The van der Waals surface area contributed by atoms with Crippen molar-refractivity contribution in [2.45, 2.75) is 40.2 Å². The zero-order chi connectivity index (χ0) is 14.0. The molecular formula is C15H20BrN3. The molecule has 0 unspecified atom stereocenters. The highest BCUT2D eigenvalue weighted by Crippen LogP contribution is 2.32. The molecule has 0 aliphatic carbocycles. The maximum atomic E-state index is 6.26. The Morgan fingerprint density at radius 2 is 2.05 bits per heavy atom. The lowest BCUT2D eigenvalue weighted by atomic mass is 10.1. The molecule has 0 amide bonds. The molecule has 4 heteroatoms. The summed E-state index contributed by atoms with van der Waals surface area (Å²) in [7, 11) is 0. The van der Waals surface area contributed by atoms with Crippen molar-refractivity contribution in [1.29, 1.82) is 0 Å². The lowest BCUT2D eigenvalue weighted by Gasteiger charge is -2.07. The summed E-state index contributed by atoms with van der Waals surface area (Å²) in [6.07, 6.45) is 2.27. The van der Waals surface area contributed by atoms with Gasteiger partial charge in [0.2, 0.25) is 0 Å². The number of nitrogen functional groups attached to an aromatic ring is 1. The van der Waals surface area contributed by atoms with Crippen molar-refractivity contribution < 1.29 is 0 Å². The SMILES string of the molecule is CCCCn1c(C)nc(-c2ccc(C)cc2Br)c1N. The Bertz CT molecular complexity index is 587. The summed E-state index contributed by atoms with van der Waals surface area (Å²) in [5.41, 5.74) is 9.41. The molecule has 2 N–H and O–H groups in total. The minimum Gasteiger partial charge on any atom is -0.383 e. The van der Waals surface area contributed by atoms with Crippen molar-refractivity contribution in [2.24, 2.45) is 0 Å². The molecule has 0 spiro atoms. The van der Waals surface area contributed by atoms with Crippen LogP contribution in [0, 0.1) is 13.8 Å². The van der Waals surface area contributed by atoms with E-state index in [1.165, 1.54) is 5.56 Å². The van der Waals surface area contributed by atoms with E-state index in [-0.39, 0.29) is 0 Å². The molecule has 0 aliphatic rings. The van der Waals surface area contributed by atoms with Crippen LogP contribution in [0.25, 0.3) is 11.3 Å². The molecule has 0 atom stereocenters. The van der Waals surface area contributed by atoms with Gasteiger partial charge in [-0.15, -0.1) is 0 Å². The summed E-state index contributed by atoms with van der Waals surface area (Å²) in [5, 5.41) is 0. The summed E-state index contributed by atoms with van der Waals surface area (Å²) in [5.74, 6) is 1.74. The van der Waals surface area contributed by atoms with Crippen molar-refractivity contribution in [1.82, 2.24) is 9.55 Å². The summed E-state index contributed by atoms with van der Waals surface area (Å²) >= 11 is 3.60. The number of imidazole rings is 1. The fourth-order valence-electron chi connectivity index (χ4n) is 2.19. The van der Waals surface area contributed by atoms with Crippen molar-refractivity contribution in [3.05, 3.63) is 34.1 Å². The van der Waals surface area contributed by atoms with Gasteiger partial charge >= 0.3 is 0 Å². The minimum atomic E-state index is 0.760. The molecule has 2 rings (SSSR count). The Labute approximate surface area is 123 Å². The van der Waals surface area contributed by atoms with Gasteiger partial charge in [0.05, 0.1) is 0 Å². The van der Waals surface area contributed by atoms with E-state index in [4.69, 9.17) is 5.73 Å². The highest BCUT2D eigenvalue weighted by atomic mass is 79.9. The molecule has 1 aromatic heterocycles. The molecule has 0 bridgehead atoms. The van der Waals surface area contributed by atoms with Crippen LogP contribution in [0.4, 0.5) is 5.82 Å². The molecule has 0 aliphatic heterocycles. The molecule has 0 saturated heterocycles. The van der Waals surface area contributed by atoms with Crippen LogP contribution in [0.1, 0.15) is 31.2 Å². The number of aromatic nitrogens is 2. The average Bonchev–Trinajstić information content (AvgIpc) is 2.63. The van der Waals surface area contributed by atoms with Crippen LogP contribution in [0.15, 0.2) is 22.7 Å². The maximum Gasteiger partial charge on any atom is 0.131 e. The van der Waals surface area contributed by atoms with Crippen molar-refractivity contribution >= 4 is 21.7 Å². The maximum absolute atomic E-state index is 6.26. The Hall–Kier alpha value is -1.29. The van der Waals surface area contributed by atoms with Crippen LogP contribution < -0.4 is 5.73 Å². The van der Waals surface area contributed by atoms with Crippen LogP contribution >= 0.6 is 15.9 Å². The first kappa shape index (κ1) is 14.1. The number of hydrogen-bond donors (Lipinski definition) is 1. The van der Waals surface area contributed by atoms with Crippen molar-refractivity contribution in [3.63, 3.8) is 0 Å². The van der Waals surface area contributed by atoms with Gasteiger partial charge in [-0.2, -0.15) is 0 Å². The lowest BCUT2D eigenvalue weighted by Crippen LogP contribution is -2.05. The summed E-state index contributed by atoms with van der Waals surface area (Å²) in [4.78, 5) is 4.63. The highest BCUT2D eigenvalue weighted by Gasteiger charge is 2.15. The molecule has 2 aromatic rings. The fourth-order valence-corrected chi connectivity index (χ4v) is 2.87. The number of unbranched alkanes of at least 4 members (excludes halogenated alkanes) is 1. The molecule has 19 heavy (non-hydrogen) atoms. The third-order valence-corrected chi connectivity index (χ3v) is 3.97. The highest BCUT2D eigenvalue weighted by molar-refractivity contribution is 9.10. The van der Waals surface area contributed by atoms with Gasteiger partial charge in [-0.05, 0) is 31.9 Å². The standard InChI is InChI=1S/C15H20BrN3/c1-4-5-8-19-11(3)18-14(15(19)17)12-7-6-10(2)9-13(12)16/h6-7,9H,4-5,8,17H2,1-3H3. The van der Waals surface area contributed by atoms with Crippen LogP contribution in [-0.2, 0) is 6.54 Å². The van der Waals surface area contributed by atoms with Gasteiger partial charge in [-0.25, -0.2) is 4.98 Å². The van der Waals surface area contributed by atoms with Gasteiger partial charge in [0.1, 0.15) is 17.3 Å². The number of benzene rings is 1. The first-order valence-corrected chi connectivity index (χ1v) is 7.43. The lowest BCUT2D eigenvalue weighted by molar-refractivity contribution is 0.622. The Morgan fingerprint density at radius 3 is 2.68 bits per heavy atom. The first-order valence-electron chi connectivity index (χ1n) is 6.63. The van der Waals surface area contributed by atoms with E-state index in [0.29, 0.717) is 0 Å². The third kappa shape index (κ3) is 2.84. The van der Waals surface area contributed by atoms with E-state index in [9.17, 15) is 0 Å². The Balaban J connectivity index is 2.45. The number of aryl methyl sites for hydroxylation is 2. The number of rotatable bonds is 4. The van der Waals surface area contributed by atoms with Gasteiger partial charge in [0.25, 0.3) is 0 Å². The summed E-state index contributed by atoms with van der Waals surface area (Å²) < 4.78 is 3.14. The summed E-state index contributed by atoms with van der Waals surface area (Å²) in [6, 6.07) is 6.25. The number of halogens is 1. The third-order valence-electron chi connectivity index (χ3n) is 3.31. The van der Waals surface area contributed by atoms with E-state index in [1.54, 1.807) is 0 Å². The van der Waals surface area contributed by atoms with E-state index in [0.717, 1.165) is 46.8 Å². The molecule has 1 aromatic carbocycles. The van der Waals surface area contributed by atoms with Crippen LogP contribution in [0.3, 0.4) is 0 Å². The largest absolute Gasteiger partial charge is 0.383 e. The quantitative estimate of drug-likeness (QED) is 0.911. The van der Waals surface area contributed by atoms with Crippen LogP contribution in [-0.4, -0.2) is 9.55 Å². The predicted octanol–water partition coefficient (Wildman–Crippen LogP) is 4.31. The number of anilines is 1. The average molecular weight is 322 g/mol. The van der Waals surface area contributed by atoms with Crippen molar-refractivity contribution in [2.75, 3.05) is 5.73 Å². The smallest absolute Gasteiger partial charge is 0.131 e. The molecule has 0 saturated carbocycles. The molecule has 0 fully saturated rings. The normalized spacial score (nSPS) is 10.9. The zero-order valence-corrected chi connectivity index (χ0v) is 13.3. The van der Waals surface area contributed by atoms with E-state index < -0.39 is 0 Å². The van der Waals surface area contributed by atoms with E-state index in [1.807, 2.05) is 6.92 Å². The van der Waals surface area contributed by atoms with E-state index in [2.05, 4.69) is 57.5 Å². The van der Waals surface area contributed by atoms with Gasteiger partial charge in [0, 0.05) is 16.6 Å². The van der Waals surface area contributed by atoms with Gasteiger partial charge in [0.15, 0.2) is 0 Å². The van der Waals surface area contributed by atoms with Crippen molar-refractivity contribution in [3.8, 4) is 11.3 Å². The minimum absolute atomic E-state index is 0.760. The topological polar surface area (TPSA) is 43.8 Å².